The highest BCUT2D eigenvalue weighted by Crippen LogP contribution is 2.28. The second-order valence-electron chi connectivity index (χ2n) is 5.78. The third kappa shape index (κ3) is 4.08. The minimum absolute atomic E-state index is 0.431. The monoisotopic (exact) mass is 349 g/mol. The quantitative estimate of drug-likeness (QED) is 0.678. The summed E-state index contributed by atoms with van der Waals surface area (Å²) in [5.74, 6) is 1.93. The number of benzene rings is 2. The molecule has 3 aromatic rings. The van der Waals surface area contributed by atoms with Crippen LogP contribution < -0.4 is 15.0 Å². The number of rotatable bonds is 7. The normalized spacial score (nSPS) is 10.4. The summed E-state index contributed by atoms with van der Waals surface area (Å²) in [4.78, 5) is 6.73. The van der Waals surface area contributed by atoms with Gasteiger partial charge in [-0.1, -0.05) is 24.3 Å². The summed E-state index contributed by atoms with van der Waals surface area (Å²) >= 11 is 0. The molecule has 1 N–H and O–H groups in total. The van der Waals surface area contributed by atoms with Crippen LogP contribution in [0.3, 0.4) is 0 Å². The molecule has 0 bridgehead atoms. The zero-order valence-electron chi connectivity index (χ0n) is 15.3. The molecule has 26 heavy (non-hydrogen) atoms. The second-order valence-corrected chi connectivity index (χ2v) is 5.78. The van der Waals surface area contributed by atoms with E-state index in [2.05, 4.69) is 57.4 Å². The molecule has 0 saturated carbocycles. The van der Waals surface area contributed by atoms with Crippen LogP contribution in [0.15, 0.2) is 54.7 Å². The van der Waals surface area contributed by atoms with Crippen LogP contribution in [0.2, 0.25) is 0 Å². The van der Waals surface area contributed by atoms with E-state index < -0.39 is 0 Å². The van der Waals surface area contributed by atoms with Gasteiger partial charge in [-0.15, -0.1) is 5.10 Å². The topological polar surface area (TPSA) is 63.2 Å². The van der Waals surface area contributed by atoms with E-state index >= 15 is 0 Å². The van der Waals surface area contributed by atoms with E-state index in [1.807, 2.05) is 37.3 Å². The molecule has 0 fully saturated rings. The lowest BCUT2D eigenvalue weighted by atomic mass is 10.2. The van der Waals surface area contributed by atoms with Crippen LogP contribution >= 0.6 is 0 Å². The summed E-state index contributed by atoms with van der Waals surface area (Å²) < 4.78 is 5.64. The van der Waals surface area contributed by atoms with Crippen molar-refractivity contribution in [2.75, 3.05) is 23.4 Å². The molecule has 0 aliphatic rings. The molecule has 0 aliphatic heterocycles. The fourth-order valence-corrected chi connectivity index (χ4v) is 2.72. The smallest absolute Gasteiger partial charge is 0.249 e. The standard InChI is InChI=1S/C20H23N5O/c1-4-25(16-10-8-9-15(3)13-16)19-14-21-24-20(23-19)22-17-11-6-7-12-18(17)26-5-2/h6-14H,4-5H2,1-3H3,(H,22,23,24). The molecule has 1 aromatic heterocycles. The van der Waals surface area contributed by atoms with Crippen LogP contribution in [-0.2, 0) is 0 Å². The minimum atomic E-state index is 0.431. The summed E-state index contributed by atoms with van der Waals surface area (Å²) in [6.07, 6.45) is 1.67. The lowest BCUT2D eigenvalue weighted by Gasteiger charge is -2.22. The van der Waals surface area contributed by atoms with Crippen molar-refractivity contribution in [1.29, 1.82) is 0 Å². The van der Waals surface area contributed by atoms with Crippen molar-refractivity contribution in [3.63, 3.8) is 0 Å². The zero-order chi connectivity index (χ0) is 18.4. The Kier molecular flexibility index (Phi) is 5.63. The van der Waals surface area contributed by atoms with E-state index in [9.17, 15) is 0 Å². The van der Waals surface area contributed by atoms with Crippen LogP contribution in [-0.4, -0.2) is 28.3 Å². The van der Waals surface area contributed by atoms with Gasteiger partial charge in [-0.3, -0.25) is 0 Å². The summed E-state index contributed by atoms with van der Waals surface area (Å²) in [6.45, 7) is 7.48. The predicted octanol–water partition coefficient (Wildman–Crippen LogP) is 4.48. The maximum atomic E-state index is 5.64. The highest BCUT2D eigenvalue weighted by atomic mass is 16.5. The Morgan fingerprint density at radius 1 is 1.08 bits per heavy atom. The Morgan fingerprint density at radius 2 is 1.92 bits per heavy atom. The van der Waals surface area contributed by atoms with Gasteiger partial charge in [-0.05, 0) is 50.6 Å². The van der Waals surface area contributed by atoms with Crippen molar-refractivity contribution in [3.05, 3.63) is 60.3 Å². The van der Waals surface area contributed by atoms with Gasteiger partial charge >= 0.3 is 0 Å². The van der Waals surface area contributed by atoms with Crippen LogP contribution in [0.5, 0.6) is 5.75 Å². The predicted molar refractivity (Wildman–Crippen MR) is 105 cm³/mol. The highest BCUT2D eigenvalue weighted by Gasteiger charge is 2.12. The van der Waals surface area contributed by atoms with E-state index in [1.54, 1.807) is 6.20 Å². The van der Waals surface area contributed by atoms with Crippen molar-refractivity contribution in [3.8, 4) is 5.75 Å². The number of para-hydroxylation sites is 2. The summed E-state index contributed by atoms with van der Waals surface area (Å²) in [6, 6.07) is 16.0. The van der Waals surface area contributed by atoms with E-state index in [0.717, 1.165) is 29.5 Å². The molecule has 6 nitrogen and oxygen atoms in total. The fraction of sp³-hybridized carbons (Fsp3) is 0.250. The van der Waals surface area contributed by atoms with E-state index in [1.165, 1.54) is 5.56 Å². The molecular weight excluding hydrogens is 326 g/mol. The molecular formula is C20H23N5O. The molecule has 0 radical (unpaired) electrons. The number of aryl methyl sites for hydroxylation is 1. The number of hydrogen-bond donors (Lipinski definition) is 1. The van der Waals surface area contributed by atoms with Gasteiger partial charge in [-0.2, -0.15) is 10.1 Å². The van der Waals surface area contributed by atoms with Gasteiger partial charge in [0, 0.05) is 12.2 Å². The molecule has 0 spiro atoms. The highest BCUT2D eigenvalue weighted by molar-refractivity contribution is 5.64. The van der Waals surface area contributed by atoms with Gasteiger partial charge in [0.05, 0.1) is 18.5 Å². The first-order valence-electron chi connectivity index (χ1n) is 8.74. The molecule has 0 saturated heterocycles. The van der Waals surface area contributed by atoms with E-state index in [0.29, 0.717) is 12.6 Å². The second kappa shape index (κ2) is 8.29. The number of aromatic nitrogens is 3. The minimum Gasteiger partial charge on any atom is -0.492 e. The summed E-state index contributed by atoms with van der Waals surface area (Å²) in [5.41, 5.74) is 3.09. The number of ether oxygens (including phenoxy) is 1. The van der Waals surface area contributed by atoms with E-state index in [4.69, 9.17) is 4.74 Å². The first-order chi connectivity index (χ1) is 12.7. The Morgan fingerprint density at radius 3 is 2.69 bits per heavy atom. The lowest BCUT2D eigenvalue weighted by Crippen LogP contribution is -2.18. The molecule has 134 valence electrons. The molecule has 3 rings (SSSR count). The van der Waals surface area contributed by atoms with Gasteiger partial charge in [0.1, 0.15) is 5.75 Å². The molecule has 0 amide bonds. The number of nitrogens with one attached hydrogen (secondary N) is 1. The zero-order valence-corrected chi connectivity index (χ0v) is 15.3. The average Bonchev–Trinajstić information content (AvgIpc) is 2.65. The number of anilines is 4. The molecule has 0 unspecified atom stereocenters. The Bertz CT molecular complexity index is 868. The Labute approximate surface area is 153 Å². The van der Waals surface area contributed by atoms with Gasteiger partial charge in [-0.25, -0.2) is 0 Å². The molecule has 1 heterocycles. The van der Waals surface area contributed by atoms with Gasteiger partial charge in [0.25, 0.3) is 0 Å². The van der Waals surface area contributed by atoms with Crippen molar-refractivity contribution >= 4 is 23.1 Å². The molecule has 0 aliphatic carbocycles. The van der Waals surface area contributed by atoms with Gasteiger partial charge < -0.3 is 15.0 Å². The summed E-state index contributed by atoms with van der Waals surface area (Å²) in [7, 11) is 0. The maximum Gasteiger partial charge on any atom is 0.249 e. The third-order valence-electron chi connectivity index (χ3n) is 3.89. The SMILES string of the molecule is CCOc1ccccc1Nc1nncc(N(CC)c2cccc(C)c2)n1. The lowest BCUT2D eigenvalue weighted by molar-refractivity contribution is 0.342. The van der Waals surface area contributed by atoms with Crippen LogP contribution in [0.4, 0.5) is 23.1 Å². The van der Waals surface area contributed by atoms with Crippen molar-refractivity contribution < 1.29 is 4.74 Å². The Balaban J connectivity index is 1.88. The van der Waals surface area contributed by atoms with Crippen molar-refractivity contribution in [2.24, 2.45) is 0 Å². The van der Waals surface area contributed by atoms with Gasteiger partial charge in [0.2, 0.25) is 5.95 Å². The van der Waals surface area contributed by atoms with Crippen molar-refractivity contribution in [2.45, 2.75) is 20.8 Å². The molecule has 0 atom stereocenters. The molecule has 6 heteroatoms. The van der Waals surface area contributed by atoms with Gasteiger partial charge in [0.15, 0.2) is 5.82 Å². The Hall–Kier alpha value is -3.15. The van der Waals surface area contributed by atoms with Crippen molar-refractivity contribution in [1.82, 2.24) is 15.2 Å². The van der Waals surface area contributed by atoms with Crippen LogP contribution in [0.1, 0.15) is 19.4 Å². The first-order valence-corrected chi connectivity index (χ1v) is 8.74. The third-order valence-corrected chi connectivity index (χ3v) is 3.89. The fourth-order valence-electron chi connectivity index (χ4n) is 2.72. The van der Waals surface area contributed by atoms with Crippen LogP contribution in [0.25, 0.3) is 0 Å². The van der Waals surface area contributed by atoms with Crippen LogP contribution in [0, 0.1) is 6.92 Å². The first kappa shape index (κ1) is 17.7. The number of nitrogens with zero attached hydrogens (tertiary/aromatic N) is 4. The molecule has 2 aromatic carbocycles. The largest absolute Gasteiger partial charge is 0.492 e. The maximum absolute atomic E-state index is 5.64. The van der Waals surface area contributed by atoms with E-state index in [-0.39, 0.29) is 0 Å². The average molecular weight is 349 g/mol. The number of hydrogen-bond acceptors (Lipinski definition) is 6. The summed E-state index contributed by atoms with van der Waals surface area (Å²) in [5, 5.41) is 11.4.